The molecule has 1 atom stereocenters. The van der Waals surface area contributed by atoms with Gasteiger partial charge in [0.1, 0.15) is 5.82 Å². The first-order valence-electron chi connectivity index (χ1n) is 10.6. The number of likely N-dealkylation sites (tertiary alicyclic amines) is 2. The van der Waals surface area contributed by atoms with Crippen LogP contribution in [0.3, 0.4) is 0 Å². The highest BCUT2D eigenvalue weighted by Crippen LogP contribution is 2.26. The van der Waals surface area contributed by atoms with Crippen molar-refractivity contribution in [1.29, 1.82) is 0 Å². The van der Waals surface area contributed by atoms with Gasteiger partial charge >= 0.3 is 0 Å². The first-order chi connectivity index (χ1) is 13.6. The Morgan fingerprint density at radius 2 is 1.79 bits per heavy atom. The van der Waals surface area contributed by atoms with Gasteiger partial charge < -0.3 is 14.4 Å². The summed E-state index contributed by atoms with van der Waals surface area (Å²) >= 11 is 0. The van der Waals surface area contributed by atoms with E-state index >= 15 is 0 Å². The number of benzene rings is 1. The quantitative estimate of drug-likeness (QED) is 0.798. The van der Waals surface area contributed by atoms with Gasteiger partial charge in [-0.2, -0.15) is 0 Å². The molecule has 0 radical (unpaired) electrons. The lowest BCUT2D eigenvalue weighted by Gasteiger charge is -2.29. The lowest BCUT2D eigenvalue weighted by molar-refractivity contribution is -0.131. The highest BCUT2D eigenvalue weighted by molar-refractivity contribution is 5.76. The zero-order valence-electron chi connectivity index (χ0n) is 17.2. The first kappa shape index (κ1) is 19.2. The van der Waals surface area contributed by atoms with E-state index < -0.39 is 0 Å². The minimum atomic E-state index is 0.364. The molecule has 28 heavy (non-hydrogen) atoms. The second-order valence-corrected chi connectivity index (χ2v) is 8.65. The summed E-state index contributed by atoms with van der Waals surface area (Å²) in [5, 5.41) is 0. The summed E-state index contributed by atoms with van der Waals surface area (Å²) in [6.07, 6.45) is 6.10. The standard InChI is InChI=1S/C23H32N4O/c1-18-15-24-23(21-6-4-3-5-7-21)27(18)17-20-10-13-26(16-20)22(28)14-19-8-11-25(2)12-9-19/h3-7,15,19-20H,8-14,16-17H2,1-2H3. The molecule has 5 nitrogen and oxygen atoms in total. The van der Waals surface area contributed by atoms with Crippen molar-refractivity contribution < 1.29 is 4.79 Å². The van der Waals surface area contributed by atoms with Crippen LogP contribution in [0.1, 0.15) is 31.4 Å². The number of amides is 1. The summed E-state index contributed by atoms with van der Waals surface area (Å²) in [5.41, 5.74) is 2.35. The molecular weight excluding hydrogens is 348 g/mol. The van der Waals surface area contributed by atoms with Gasteiger partial charge in [-0.25, -0.2) is 4.98 Å². The third-order valence-corrected chi connectivity index (χ3v) is 6.47. The van der Waals surface area contributed by atoms with Crippen LogP contribution in [0, 0.1) is 18.8 Å². The monoisotopic (exact) mass is 380 g/mol. The van der Waals surface area contributed by atoms with Crippen molar-refractivity contribution in [1.82, 2.24) is 19.4 Å². The second-order valence-electron chi connectivity index (χ2n) is 8.65. The van der Waals surface area contributed by atoms with Crippen LogP contribution in [0.15, 0.2) is 36.5 Å². The number of aromatic nitrogens is 2. The highest BCUT2D eigenvalue weighted by atomic mass is 16.2. The van der Waals surface area contributed by atoms with Crippen LogP contribution in [0.4, 0.5) is 0 Å². The molecule has 0 N–H and O–H groups in total. The molecule has 5 heteroatoms. The number of carbonyl (C=O) groups is 1. The number of nitrogens with zero attached hydrogens (tertiary/aromatic N) is 4. The Kier molecular flexibility index (Phi) is 5.81. The lowest BCUT2D eigenvalue weighted by Crippen LogP contribution is -2.35. The Balaban J connectivity index is 1.35. The first-order valence-corrected chi connectivity index (χ1v) is 10.6. The maximum Gasteiger partial charge on any atom is 0.222 e. The van der Waals surface area contributed by atoms with E-state index in [0.717, 1.165) is 69.8 Å². The van der Waals surface area contributed by atoms with Crippen molar-refractivity contribution in [3.63, 3.8) is 0 Å². The Morgan fingerprint density at radius 3 is 2.54 bits per heavy atom. The number of carbonyl (C=O) groups excluding carboxylic acids is 1. The molecule has 2 aliphatic heterocycles. The van der Waals surface area contributed by atoms with E-state index in [0.29, 0.717) is 17.7 Å². The lowest BCUT2D eigenvalue weighted by atomic mass is 9.93. The summed E-state index contributed by atoms with van der Waals surface area (Å²) < 4.78 is 2.32. The van der Waals surface area contributed by atoms with Crippen LogP contribution < -0.4 is 0 Å². The Bertz CT molecular complexity index is 792. The smallest absolute Gasteiger partial charge is 0.222 e. The molecule has 150 valence electrons. The minimum absolute atomic E-state index is 0.364. The summed E-state index contributed by atoms with van der Waals surface area (Å²) in [6.45, 7) is 7.11. The van der Waals surface area contributed by atoms with Gasteiger partial charge in [-0.05, 0) is 58.2 Å². The largest absolute Gasteiger partial charge is 0.342 e. The van der Waals surface area contributed by atoms with Crippen LogP contribution in [0.5, 0.6) is 0 Å². The molecule has 2 fully saturated rings. The minimum Gasteiger partial charge on any atom is -0.342 e. The van der Waals surface area contributed by atoms with Gasteiger partial charge in [0.15, 0.2) is 0 Å². The molecule has 1 aromatic heterocycles. The Morgan fingerprint density at radius 1 is 1.07 bits per heavy atom. The summed E-state index contributed by atoms with van der Waals surface area (Å²) in [4.78, 5) is 21.9. The molecule has 2 aliphatic rings. The third kappa shape index (κ3) is 4.30. The van der Waals surface area contributed by atoms with Gasteiger partial charge in [0, 0.05) is 43.5 Å². The van der Waals surface area contributed by atoms with Gasteiger partial charge in [0.2, 0.25) is 5.91 Å². The molecule has 1 amide bonds. The average Bonchev–Trinajstić information content (AvgIpc) is 3.32. The maximum absolute atomic E-state index is 12.8. The molecular formula is C23H32N4O. The molecule has 0 spiro atoms. The van der Waals surface area contributed by atoms with Gasteiger partial charge in [-0.3, -0.25) is 4.79 Å². The molecule has 1 aromatic carbocycles. The molecule has 1 unspecified atom stereocenters. The van der Waals surface area contributed by atoms with Gasteiger partial charge in [-0.15, -0.1) is 0 Å². The third-order valence-electron chi connectivity index (χ3n) is 6.47. The van der Waals surface area contributed by atoms with Crippen LogP contribution in [-0.2, 0) is 11.3 Å². The zero-order valence-corrected chi connectivity index (χ0v) is 17.2. The van der Waals surface area contributed by atoms with E-state index in [4.69, 9.17) is 0 Å². The van der Waals surface area contributed by atoms with Crippen LogP contribution in [0.2, 0.25) is 0 Å². The number of imidazole rings is 1. The molecule has 0 aliphatic carbocycles. The molecule has 0 saturated carbocycles. The SMILES string of the molecule is Cc1cnc(-c2ccccc2)n1CC1CCN(C(=O)CC2CCN(C)CC2)C1. The molecule has 4 rings (SSSR count). The summed E-state index contributed by atoms with van der Waals surface area (Å²) in [7, 11) is 2.17. The molecule has 0 bridgehead atoms. The maximum atomic E-state index is 12.8. The van der Waals surface area contributed by atoms with E-state index in [1.807, 2.05) is 12.3 Å². The van der Waals surface area contributed by atoms with Crippen molar-refractivity contribution in [3.05, 3.63) is 42.2 Å². The van der Waals surface area contributed by atoms with Crippen LogP contribution in [-0.4, -0.2) is 58.5 Å². The Labute approximate surface area is 168 Å². The predicted octanol–water partition coefficient (Wildman–Crippen LogP) is 3.44. The van der Waals surface area contributed by atoms with Gasteiger partial charge in [0.25, 0.3) is 0 Å². The number of rotatable bonds is 5. The number of hydrogen-bond acceptors (Lipinski definition) is 3. The highest BCUT2D eigenvalue weighted by Gasteiger charge is 2.29. The summed E-state index contributed by atoms with van der Waals surface area (Å²) in [6, 6.07) is 10.4. The second kappa shape index (κ2) is 8.48. The van der Waals surface area contributed by atoms with E-state index in [1.165, 1.54) is 5.69 Å². The van der Waals surface area contributed by atoms with Gasteiger partial charge in [-0.1, -0.05) is 30.3 Å². The Hall–Kier alpha value is -2.14. The van der Waals surface area contributed by atoms with Crippen molar-refractivity contribution >= 4 is 5.91 Å². The number of piperidine rings is 1. The van der Waals surface area contributed by atoms with Crippen LogP contribution in [0.25, 0.3) is 11.4 Å². The van der Waals surface area contributed by atoms with Gasteiger partial charge in [0.05, 0.1) is 0 Å². The number of hydrogen-bond donors (Lipinski definition) is 0. The fraction of sp³-hybridized carbons (Fsp3) is 0.565. The van der Waals surface area contributed by atoms with Crippen molar-refractivity contribution in [3.8, 4) is 11.4 Å². The molecule has 2 aromatic rings. The number of aryl methyl sites for hydroxylation is 1. The van der Waals surface area contributed by atoms with E-state index in [9.17, 15) is 4.79 Å². The fourth-order valence-corrected chi connectivity index (χ4v) is 4.62. The van der Waals surface area contributed by atoms with Crippen LogP contribution >= 0.6 is 0 Å². The topological polar surface area (TPSA) is 41.4 Å². The fourth-order valence-electron chi connectivity index (χ4n) is 4.62. The van der Waals surface area contributed by atoms with Crippen molar-refractivity contribution in [2.24, 2.45) is 11.8 Å². The van der Waals surface area contributed by atoms with Crippen molar-refractivity contribution in [2.45, 2.75) is 39.2 Å². The van der Waals surface area contributed by atoms with E-state index in [1.54, 1.807) is 0 Å². The normalized spacial score (nSPS) is 21.4. The van der Waals surface area contributed by atoms with E-state index in [-0.39, 0.29) is 0 Å². The molecule has 2 saturated heterocycles. The zero-order chi connectivity index (χ0) is 19.5. The summed E-state index contributed by atoms with van der Waals surface area (Å²) in [5.74, 6) is 2.48. The van der Waals surface area contributed by atoms with E-state index in [2.05, 4.69) is 57.6 Å². The predicted molar refractivity (Wildman–Crippen MR) is 112 cm³/mol. The average molecular weight is 381 g/mol. The van der Waals surface area contributed by atoms with Crippen molar-refractivity contribution in [2.75, 3.05) is 33.2 Å². The molecule has 3 heterocycles.